The maximum absolute atomic E-state index is 12.7. The van der Waals surface area contributed by atoms with E-state index >= 15 is 0 Å². The number of carbonyl (C=O) groups is 1. The van der Waals surface area contributed by atoms with Gasteiger partial charge in [-0.15, -0.1) is 0 Å². The Labute approximate surface area is 149 Å². The smallest absolute Gasteiger partial charge is 0.226 e. The van der Waals surface area contributed by atoms with Gasteiger partial charge in [-0.1, -0.05) is 18.2 Å². The highest BCUT2D eigenvalue weighted by Crippen LogP contribution is 2.21. The van der Waals surface area contributed by atoms with Gasteiger partial charge in [-0.05, 0) is 44.7 Å². The van der Waals surface area contributed by atoms with E-state index in [1.54, 1.807) is 0 Å². The van der Waals surface area contributed by atoms with E-state index < -0.39 is 0 Å². The van der Waals surface area contributed by atoms with Gasteiger partial charge in [0, 0.05) is 31.5 Å². The molecule has 0 N–H and O–H groups in total. The summed E-state index contributed by atoms with van der Waals surface area (Å²) in [6.07, 6.45) is 8.68. The average Bonchev–Trinajstić information content (AvgIpc) is 3.06. The van der Waals surface area contributed by atoms with Crippen molar-refractivity contribution in [3.8, 4) is 5.75 Å². The van der Waals surface area contributed by atoms with Crippen molar-refractivity contribution in [2.24, 2.45) is 0 Å². The van der Waals surface area contributed by atoms with Crippen LogP contribution in [0.4, 0.5) is 0 Å². The van der Waals surface area contributed by atoms with Crippen molar-refractivity contribution < 1.29 is 9.53 Å². The lowest BCUT2D eigenvalue weighted by Crippen LogP contribution is -2.44. The lowest BCUT2D eigenvalue weighted by molar-refractivity contribution is -0.135. The average molecular weight is 341 g/mol. The van der Waals surface area contributed by atoms with E-state index in [9.17, 15) is 4.79 Å². The van der Waals surface area contributed by atoms with Gasteiger partial charge in [0.25, 0.3) is 0 Å². The molecule has 25 heavy (non-hydrogen) atoms. The third kappa shape index (κ3) is 4.84. The number of para-hydroxylation sites is 1. The summed E-state index contributed by atoms with van der Waals surface area (Å²) in [4.78, 5) is 19.0. The zero-order chi connectivity index (χ0) is 17.5. The summed E-state index contributed by atoms with van der Waals surface area (Å²) in [6.45, 7) is 4.25. The molecule has 1 aliphatic rings. The van der Waals surface area contributed by atoms with Crippen LogP contribution in [0.1, 0.15) is 37.9 Å². The quantitative estimate of drug-likeness (QED) is 0.775. The summed E-state index contributed by atoms with van der Waals surface area (Å²) < 4.78 is 7.84. The largest absolute Gasteiger partial charge is 0.493 e. The minimum absolute atomic E-state index is 0.211. The van der Waals surface area contributed by atoms with E-state index in [4.69, 9.17) is 4.74 Å². The molecule has 0 bridgehead atoms. The van der Waals surface area contributed by atoms with Crippen molar-refractivity contribution in [3.63, 3.8) is 0 Å². The molecule has 1 fully saturated rings. The first kappa shape index (κ1) is 17.5. The van der Waals surface area contributed by atoms with Gasteiger partial charge >= 0.3 is 0 Å². The first-order chi connectivity index (χ1) is 12.2. The van der Waals surface area contributed by atoms with Crippen molar-refractivity contribution >= 4 is 5.91 Å². The van der Waals surface area contributed by atoms with Crippen LogP contribution in [0.5, 0.6) is 5.75 Å². The second kappa shape index (κ2) is 8.70. The third-order valence-electron chi connectivity index (χ3n) is 4.90. The molecule has 2 aromatic rings. The van der Waals surface area contributed by atoms with E-state index in [1.807, 2.05) is 49.6 Å². The standard InChI is InChI=1S/C20H27N3O2/c1-17-21-12-15-22(17)14-10-18-7-5-6-13-23(18)20(24)11-16-25-19-8-3-2-4-9-19/h2-4,8-9,12,15,18H,5-7,10-11,13-14,16H2,1H3/t18-/m0/s1. The van der Waals surface area contributed by atoms with E-state index in [-0.39, 0.29) is 5.91 Å². The molecule has 1 amide bonds. The molecule has 0 radical (unpaired) electrons. The summed E-state index contributed by atoms with van der Waals surface area (Å²) in [5.41, 5.74) is 0. The number of carbonyl (C=O) groups excluding carboxylic acids is 1. The van der Waals surface area contributed by atoms with E-state index in [2.05, 4.69) is 14.5 Å². The molecule has 3 rings (SSSR count). The lowest BCUT2D eigenvalue weighted by atomic mass is 9.99. The second-order valence-electron chi connectivity index (χ2n) is 6.60. The first-order valence-electron chi connectivity index (χ1n) is 9.19. The Bertz CT molecular complexity index is 669. The minimum atomic E-state index is 0.211. The van der Waals surface area contributed by atoms with Gasteiger partial charge in [-0.25, -0.2) is 4.98 Å². The summed E-state index contributed by atoms with van der Waals surface area (Å²) in [5, 5.41) is 0. The Morgan fingerprint density at radius 2 is 2.12 bits per heavy atom. The number of benzene rings is 1. The highest BCUT2D eigenvalue weighted by atomic mass is 16.5. The summed E-state index contributed by atoms with van der Waals surface area (Å²) >= 11 is 0. The van der Waals surface area contributed by atoms with Gasteiger partial charge in [-0.3, -0.25) is 4.79 Å². The van der Waals surface area contributed by atoms with Crippen LogP contribution in [0.25, 0.3) is 0 Å². The fourth-order valence-corrected chi connectivity index (χ4v) is 3.47. The molecular weight excluding hydrogens is 314 g/mol. The van der Waals surface area contributed by atoms with Crippen molar-refractivity contribution in [1.29, 1.82) is 0 Å². The Balaban J connectivity index is 1.49. The fourth-order valence-electron chi connectivity index (χ4n) is 3.47. The van der Waals surface area contributed by atoms with Crippen molar-refractivity contribution in [2.75, 3.05) is 13.2 Å². The third-order valence-corrected chi connectivity index (χ3v) is 4.90. The van der Waals surface area contributed by atoms with Crippen LogP contribution >= 0.6 is 0 Å². The molecule has 1 saturated heterocycles. The van der Waals surface area contributed by atoms with Gasteiger partial charge < -0.3 is 14.2 Å². The number of ether oxygens (including phenoxy) is 1. The molecule has 1 aromatic carbocycles. The molecular formula is C20H27N3O2. The molecule has 0 spiro atoms. The molecule has 0 saturated carbocycles. The Morgan fingerprint density at radius 3 is 2.88 bits per heavy atom. The second-order valence-corrected chi connectivity index (χ2v) is 6.60. The van der Waals surface area contributed by atoms with Crippen LogP contribution < -0.4 is 4.74 Å². The maximum atomic E-state index is 12.7. The number of hydrogen-bond donors (Lipinski definition) is 0. The predicted octanol–water partition coefficient (Wildman–Crippen LogP) is 3.43. The SMILES string of the molecule is Cc1nccn1CC[C@@H]1CCCCN1C(=O)CCOc1ccccc1. The summed E-state index contributed by atoms with van der Waals surface area (Å²) in [7, 11) is 0. The monoisotopic (exact) mass is 341 g/mol. The minimum Gasteiger partial charge on any atom is -0.493 e. The van der Waals surface area contributed by atoms with Gasteiger partial charge in [0.2, 0.25) is 5.91 Å². The van der Waals surface area contributed by atoms with Crippen LogP contribution in [-0.4, -0.2) is 39.6 Å². The van der Waals surface area contributed by atoms with Crippen molar-refractivity contribution in [1.82, 2.24) is 14.5 Å². The first-order valence-corrected chi connectivity index (χ1v) is 9.19. The maximum Gasteiger partial charge on any atom is 0.226 e. The summed E-state index contributed by atoms with van der Waals surface area (Å²) in [5.74, 6) is 2.06. The molecule has 1 aromatic heterocycles. The Morgan fingerprint density at radius 1 is 1.28 bits per heavy atom. The molecule has 1 aliphatic heterocycles. The number of aryl methyl sites for hydroxylation is 2. The number of rotatable bonds is 7. The Kier molecular flexibility index (Phi) is 6.09. The van der Waals surface area contributed by atoms with Gasteiger partial charge in [-0.2, -0.15) is 0 Å². The molecule has 0 aliphatic carbocycles. The number of amides is 1. The lowest BCUT2D eigenvalue weighted by Gasteiger charge is -2.36. The van der Waals surface area contributed by atoms with Crippen molar-refractivity contribution in [3.05, 3.63) is 48.5 Å². The van der Waals surface area contributed by atoms with Crippen LogP contribution in [0.3, 0.4) is 0 Å². The number of nitrogens with zero attached hydrogens (tertiary/aromatic N) is 3. The zero-order valence-corrected chi connectivity index (χ0v) is 14.9. The fraction of sp³-hybridized carbons (Fsp3) is 0.500. The number of hydrogen-bond acceptors (Lipinski definition) is 3. The van der Waals surface area contributed by atoms with E-state index in [0.717, 1.165) is 43.9 Å². The molecule has 2 heterocycles. The van der Waals surface area contributed by atoms with Gasteiger partial charge in [0.1, 0.15) is 11.6 Å². The highest BCUT2D eigenvalue weighted by molar-refractivity contribution is 5.76. The summed E-state index contributed by atoms with van der Waals surface area (Å²) in [6, 6.07) is 10.0. The van der Waals surface area contributed by atoms with Crippen LogP contribution in [0, 0.1) is 6.92 Å². The molecule has 0 unspecified atom stereocenters. The number of imidazole rings is 1. The van der Waals surface area contributed by atoms with Crippen molar-refractivity contribution in [2.45, 2.75) is 51.6 Å². The van der Waals surface area contributed by atoms with E-state index in [0.29, 0.717) is 19.1 Å². The van der Waals surface area contributed by atoms with Crippen LogP contribution in [0.15, 0.2) is 42.7 Å². The zero-order valence-electron chi connectivity index (χ0n) is 14.9. The molecule has 5 heteroatoms. The number of aromatic nitrogens is 2. The molecule has 5 nitrogen and oxygen atoms in total. The normalized spacial score (nSPS) is 17.5. The predicted molar refractivity (Wildman–Crippen MR) is 97.5 cm³/mol. The Hall–Kier alpha value is -2.30. The highest BCUT2D eigenvalue weighted by Gasteiger charge is 2.26. The van der Waals surface area contributed by atoms with Crippen LogP contribution in [-0.2, 0) is 11.3 Å². The number of likely N-dealkylation sites (tertiary alicyclic amines) is 1. The van der Waals surface area contributed by atoms with Gasteiger partial charge in [0.15, 0.2) is 0 Å². The van der Waals surface area contributed by atoms with E-state index in [1.165, 1.54) is 6.42 Å². The topological polar surface area (TPSA) is 47.4 Å². The number of piperidine rings is 1. The van der Waals surface area contributed by atoms with Crippen LogP contribution in [0.2, 0.25) is 0 Å². The van der Waals surface area contributed by atoms with Gasteiger partial charge in [0.05, 0.1) is 13.0 Å². The molecule has 1 atom stereocenters. The molecule has 134 valence electrons.